The van der Waals surface area contributed by atoms with Crippen molar-refractivity contribution in [2.45, 2.75) is 70.7 Å². The van der Waals surface area contributed by atoms with Crippen molar-refractivity contribution < 1.29 is 22.3 Å². The molecular weight excluding hydrogens is 397 g/mol. The molecule has 164 valence electrons. The van der Waals surface area contributed by atoms with E-state index in [-0.39, 0.29) is 12.0 Å². The lowest BCUT2D eigenvalue weighted by Crippen LogP contribution is -2.51. The third-order valence-corrected chi connectivity index (χ3v) is 6.67. The van der Waals surface area contributed by atoms with E-state index in [0.29, 0.717) is 38.0 Å². The third-order valence-electron chi connectivity index (χ3n) is 4.82. The molecule has 1 saturated heterocycles. The highest BCUT2D eigenvalue weighted by Gasteiger charge is 2.32. The van der Waals surface area contributed by atoms with Gasteiger partial charge in [0.1, 0.15) is 6.10 Å². The molecule has 0 bridgehead atoms. The maximum absolute atomic E-state index is 14.4. The fraction of sp³-hybridized carbons (Fsp3) is 0.650. The van der Waals surface area contributed by atoms with Crippen molar-refractivity contribution in [1.29, 1.82) is 0 Å². The molecule has 0 aliphatic carbocycles. The number of benzene rings is 1. The molecule has 0 saturated carbocycles. The maximum Gasteiger partial charge on any atom is 0.224 e. The van der Waals surface area contributed by atoms with Gasteiger partial charge in [0.15, 0.2) is 6.30 Å². The summed E-state index contributed by atoms with van der Waals surface area (Å²) in [4.78, 5) is 13.7. The van der Waals surface area contributed by atoms with Gasteiger partial charge in [-0.05, 0) is 64.8 Å². The Morgan fingerprint density at radius 2 is 1.90 bits per heavy atom. The molecule has 1 heterocycles. The molecule has 1 aromatic carbocycles. The fourth-order valence-corrected chi connectivity index (χ4v) is 3.87. The van der Waals surface area contributed by atoms with Gasteiger partial charge in [-0.25, -0.2) is 17.5 Å². The number of sulfonamides is 1. The third kappa shape index (κ3) is 6.94. The molecular formula is C20H32FN3O4S. The standard InChI is InChI=1S/C20H32FN3O4S/c1-14(2)29(26,27)22-12-6-5-7-19(25)23-17-8-10-18(11-9-17)24-13-15(3)28-16(4)20(24)21/h8-11,14-16,20,22H,5-7,12-13H2,1-4H3,(H,23,25)/t15-,16+,20?/m0/s1. The van der Waals surface area contributed by atoms with Crippen LogP contribution in [-0.2, 0) is 19.6 Å². The summed E-state index contributed by atoms with van der Waals surface area (Å²) in [6, 6.07) is 7.07. The predicted molar refractivity (Wildman–Crippen MR) is 113 cm³/mol. The van der Waals surface area contributed by atoms with Gasteiger partial charge in [0.2, 0.25) is 15.9 Å². The summed E-state index contributed by atoms with van der Waals surface area (Å²) in [5.41, 5.74) is 1.39. The molecule has 0 radical (unpaired) electrons. The van der Waals surface area contributed by atoms with Gasteiger partial charge in [-0.3, -0.25) is 4.79 Å². The van der Waals surface area contributed by atoms with Crippen molar-refractivity contribution in [3.63, 3.8) is 0 Å². The second-order valence-electron chi connectivity index (χ2n) is 7.72. The molecule has 3 atom stereocenters. The summed E-state index contributed by atoms with van der Waals surface area (Å²) in [5.74, 6) is -0.138. The summed E-state index contributed by atoms with van der Waals surface area (Å²) in [6.45, 7) is 7.67. The van der Waals surface area contributed by atoms with Gasteiger partial charge in [0, 0.05) is 30.9 Å². The number of hydrogen-bond donors (Lipinski definition) is 2. The average Bonchev–Trinajstić information content (AvgIpc) is 2.65. The molecule has 0 spiro atoms. The van der Waals surface area contributed by atoms with Crippen LogP contribution in [0.25, 0.3) is 0 Å². The SMILES string of the molecule is CC(C)S(=O)(=O)NCCCCC(=O)Nc1ccc(N2C[C@H](C)O[C@H](C)C2F)cc1. The number of carbonyl (C=O) groups is 1. The molecule has 1 aliphatic heterocycles. The van der Waals surface area contributed by atoms with Crippen molar-refractivity contribution in [2.24, 2.45) is 0 Å². The van der Waals surface area contributed by atoms with Crippen LogP contribution in [0.15, 0.2) is 24.3 Å². The Balaban J connectivity index is 1.77. The van der Waals surface area contributed by atoms with E-state index in [1.807, 2.05) is 6.92 Å². The van der Waals surface area contributed by atoms with Crippen LogP contribution < -0.4 is 14.9 Å². The topological polar surface area (TPSA) is 87.7 Å². The normalized spacial score (nSPS) is 22.7. The summed E-state index contributed by atoms with van der Waals surface area (Å²) in [5, 5.41) is 2.34. The highest BCUT2D eigenvalue weighted by molar-refractivity contribution is 7.90. The van der Waals surface area contributed by atoms with Crippen LogP contribution in [0.3, 0.4) is 0 Å². The van der Waals surface area contributed by atoms with Gasteiger partial charge >= 0.3 is 0 Å². The van der Waals surface area contributed by atoms with E-state index in [1.54, 1.807) is 49.9 Å². The fourth-order valence-electron chi connectivity index (χ4n) is 3.10. The van der Waals surface area contributed by atoms with E-state index >= 15 is 0 Å². The van der Waals surface area contributed by atoms with Crippen LogP contribution in [-0.4, -0.2) is 51.2 Å². The summed E-state index contributed by atoms with van der Waals surface area (Å²) >= 11 is 0. The number of nitrogens with zero attached hydrogens (tertiary/aromatic N) is 1. The molecule has 1 aliphatic rings. The molecule has 1 aromatic rings. The Bertz CT molecular complexity index is 770. The second kappa shape index (κ2) is 10.4. The molecule has 1 fully saturated rings. The minimum Gasteiger partial charge on any atom is -0.369 e. The number of nitrogens with one attached hydrogen (secondary N) is 2. The van der Waals surface area contributed by atoms with Crippen LogP contribution >= 0.6 is 0 Å². The monoisotopic (exact) mass is 429 g/mol. The smallest absolute Gasteiger partial charge is 0.224 e. The number of unbranched alkanes of at least 4 members (excludes halogenated alkanes) is 1. The van der Waals surface area contributed by atoms with Crippen molar-refractivity contribution in [3.8, 4) is 0 Å². The molecule has 29 heavy (non-hydrogen) atoms. The summed E-state index contributed by atoms with van der Waals surface area (Å²) < 4.78 is 45.7. The quantitative estimate of drug-likeness (QED) is 0.465. The van der Waals surface area contributed by atoms with Crippen LogP contribution in [0.4, 0.5) is 15.8 Å². The second-order valence-corrected chi connectivity index (χ2v) is 10.0. The first kappa shape index (κ1) is 23.6. The lowest BCUT2D eigenvalue weighted by Gasteiger charge is -2.39. The molecule has 7 nitrogen and oxygen atoms in total. The van der Waals surface area contributed by atoms with E-state index in [2.05, 4.69) is 10.0 Å². The predicted octanol–water partition coefficient (Wildman–Crippen LogP) is 3.03. The van der Waals surface area contributed by atoms with E-state index in [9.17, 15) is 17.6 Å². The number of hydrogen-bond acceptors (Lipinski definition) is 5. The number of anilines is 2. The Kier molecular flexibility index (Phi) is 8.42. The number of carbonyl (C=O) groups excluding carboxylic acids is 1. The zero-order valence-electron chi connectivity index (χ0n) is 17.5. The molecule has 9 heteroatoms. The molecule has 2 rings (SSSR count). The first-order chi connectivity index (χ1) is 13.6. The largest absolute Gasteiger partial charge is 0.369 e. The van der Waals surface area contributed by atoms with Gasteiger partial charge < -0.3 is 15.0 Å². The Morgan fingerprint density at radius 1 is 1.24 bits per heavy atom. The molecule has 1 unspecified atom stereocenters. The van der Waals surface area contributed by atoms with Gasteiger partial charge in [-0.2, -0.15) is 0 Å². The van der Waals surface area contributed by atoms with E-state index < -0.39 is 27.7 Å². The number of rotatable bonds is 9. The Morgan fingerprint density at radius 3 is 2.52 bits per heavy atom. The lowest BCUT2D eigenvalue weighted by molar-refractivity contribution is -0.116. The number of morpholine rings is 1. The van der Waals surface area contributed by atoms with Crippen LogP contribution in [0.5, 0.6) is 0 Å². The van der Waals surface area contributed by atoms with Crippen molar-refractivity contribution in [3.05, 3.63) is 24.3 Å². The maximum atomic E-state index is 14.4. The summed E-state index contributed by atoms with van der Waals surface area (Å²) in [7, 11) is -3.26. The number of amides is 1. The minimum atomic E-state index is -3.26. The highest BCUT2D eigenvalue weighted by Crippen LogP contribution is 2.27. The Labute approximate surface area is 173 Å². The summed E-state index contributed by atoms with van der Waals surface area (Å²) in [6.07, 6.45) is -0.290. The number of alkyl halides is 1. The first-order valence-electron chi connectivity index (χ1n) is 10.0. The van der Waals surface area contributed by atoms with E-state index in [4.69, 9.17) is 4.74 Å². The van der Waals surface area contributed by atoms with Crippen molar-refractivity contribution in [2.75, 3.05) is 23.3 Å². The minimum absolute atomic E-state index is 0.0543. The Hall–Kier alpha value is -1.71. The van der Waals surface area contributed by atoms with Gasteiger partial charge in [-0.15, -0.1) is 0 Å². The first-order valence-corrected chi connectivity index (χ1v) is 11.6. The van der Waals surface area contributed by atoms with E-state index in [1.165, 1.54) is 0 Å². The molecule has 1 amide bonds. The van der Waals surface area contributed by atoms with E-state index in [0.717, 1.165) is 5.69 Å². The van der Waals surface area contributed by atoms with Gasteiger partial charge in [0.05, 0.1) is 11.4 Å². The van der Waals surface area contributed by atoms with Crippen molar-refractivity contribution >= 4 is 27.3 Å². The van der Waals surface area contributed by atoms with Gasteiger partial charge in [-0.1, -0.05) is 0 Å². The lowest BCUT2D eigenvalue weighted by atomic mass is 10.1. The molecule has 0 aromatic heterocycles. The molecule has 2 N–H and O–H groups in total. The number of halogens is 1. The van der Waals surface area contributed by atoms with Crippen molar-refractivity contribution in [1.82, 2.24) is 4.72 Å². The zero-order valence-corrected chi connectivity index (χ0v) is 18.3. The van der Waals surface area contributed by atoms with Crippen LogP contribution in [0.1, 0.15) is 47.0 Å². The average molecular weight is 430 g/mol. The van der Waals surface area contributed by atoms with Crippen LogP contribution in [0.2, 0.25) is 0 Å². The zero-order chi connectivity index (χ0) is 21.6. The van der Waals surface area contributed by atoms with Crippen LogP contribution in [0, 0.1) is 0 Å². The van der Waals surface area contributed by atoms with Gasteiger partial charge in [0.25, 0.3) is 0 Å². The number of ether oxygens (including phenoxy) is 1. The highest BCUT2D eigenvalue weighted by atomic mass is 32.2.